The maximum Gasteiger partial charge on any atom is 0.410 e. The van der Waals surface area contributed by atoms with Crippen molar-refractivity contribution in [1.82, 2.24) is 14.5 Å². The highest BCUT2D eigenvalue weighted by atomic mass is 16.6. The number of imidazole rings is 1. The third-order valence-corrected chi connectivity index (χ3v) is 5.34. The number of hydrogen-bond donors (Lipinski definition) is 0. The summed E-state index contributed by atoms with van der Waals surface area (Å²) in [5, 5.41) is 0. The van der Waals surface area contributed by atoms with Gasteiger partial charge in [-0.2, -0.15) is 0 Å². The summed E-state index contributed by atoms with van der Waals surface area (Å²) in [6, 6.07) is 9.91. The minimum Gasteiger partial charge on any atom is -0.466 e. The van der Waals surface area contributed by atoms with E-state index in [0.717, 1.165) is 37.1 Å². The second-order valence-electron chi connectivity index (χ2n) is 9.64. The van der Waals surface area contributed by atoms with Gasteiger partial charge >= 0.3 is 12.1 Å². The fraction of sp³-hybridized carbons (Fsp3) is 0.593. The fourth-order valence-corrected chi connectivity index (χ4v) is 3.77. The highest BCUT2D eigenvalue weighted by Crippen LogP contribution is 2.19. The van der Waals surface area contributed by atoms with Crippen molar-refractivity contribution in [3.8, 4) is 0 Å². The Morgan fingerprint density at radius 3 is 2.50 bits per heavy atom. The molecule has 0 spiro atoms. The zero-order valence-electron chi connectivity index (χ0n) is 21.5. The number of unbranched alkanes of at least 4 members (excludes halogenated alkanes) is 1. The van der Waals surface area contributed by atoms with E-state index in [0.29, 0.717) is 32.5 Å². The van der Waals surface area contributed by atoms with E-state index in [4.69, 9.17) is 9.47 Å². The standard InChI is InChI=1S/C27H41N3O4/c1-6-16-29-20-24(28-21-29)18-23(25(31)33-7-2)15-11-12-17-30(26(32)34-27(3,4)5)19-22-13-9-8-10-14-22/h8-10,13-14,20-21,23H,6-7,11-12,15-19H2,1-5H3. The Morgan fingerprint density at radius 1 is 1.12 bits per heavy atom. The number of benzene rings is 1. The Labute approximate surface area is 204 Å². The van der Waals surface area contributed by atoms with Crippen molar-refractivity contribution in [2.45, 2.75) is 85.4 Å². The van der Waals surface area contributed by atoms with Crippen LogP contribution in [0.5, 0.6) is 0 Å². The first-order valence-corrected chi connectivity index (χ1v) is 12.4. The number of carbonyl (C=O) groups excluding carboxylic acids is 2. The lowest BCUT2D eigenvalue weighted by Gasteiger charge is -2.27. The van der Waals surface area contributed by atoms with Crippen molar-refractivity contribution < 1.29 is 19.1 Å². The summed E-state index contributed by atoms with van der Waals surface area (Å²) in [7, 11) is 0. The monoisotopic (exact) mass is 471 g/mol. The minimum atomic E-state index is -0.553. The van der Waals surface area contributed by atoms with Gasteiger partial charge in [0.05, 0.1) is 24.5 Å². The number of hydrogen-bond acceptors (Lipinski definition) is 5. The highest BCUT2D eigenvalue weighted by molar-refractivity contribution is 5.72. The molecule has 1 aromatic carbocycles. The Kier molecular flexibility index (Phi) is 11.1. The third kappa shape index (κ3) is 9.98. The van der Waals surface area contributed by atoms with Crippen LogP contribution >= 0.6 is 0 Å². The molecule has 0 radical (unpaired) electrons. The lowest BCUT2D eigenvalue weighted by Crippen LogP contribution is -2.37. The SMILES string of the molecule is CCCn1cnc(CC(CCCCN(Cc2ccccc2)C(=O)OC(C)(C)C)C(=O)OCC)c1. The number of carbonyl (C=O) groups is 2. The average molecular weight is 472 g/mol. The number of amides is 1. The maximum atomic E-state index is 12.8. The average Bonchev–Trinajstić information content (AvgIpc) is 3.22. The molecule has 7 nitrogen and oxygen atoms in total. The molecular weight excluding hydrogens is 430 g/mol. The van der Waals surface area contributed by atoms with Gasteiger partial charge in [0.2, 0.25) is 0 Å². The number of aryl methyl sites for hydroxylation is 1. The van der Waals surface area contributed by atoms with Crippen LogP contribution in [-0.4, -0.2) is 45.3 Å². The van der Waals surface area contributed by atoms with Crippen LogP contribution < -0.4 is 0 Å². The molecule has 1 aromatic heterocycles. The van der Waals surface area contributed by atoms with E-state index in [9.17, 15) is 9.59 Å². The molecule has 34 heavy (non-hydrogen) atoms. The summed E-state index contributed by atoms with van der Waals surface area (Å²) in [5.74, 6) is -0.421. The van der Waals surface area contributed by atoms with E-state index in [1.807, 2.05) is 70.6 Å². The molecule has 0 bridgehead atoms. The Hall–Kier alpha value is -2.83. The molecule has 1 unspecified atom stereocenters. The summed E-state index contributed by atoms with van der Waals surface area (Å²) in [6.07, 6.45) is 7.37. The normalized spacial score (nSPS) is 12.3. The molecule has 7 heteroatoms. The van der Waals surface area contributed by atoms with Crippen molar-refractivity contribution in [2.75, 3.05) is 13.2 Å². The van der Waals surface area contributed by atoms with Gasteiger partial charge in [-0.15, -0.1) is 0 Å². The second kappa shape index (κ2) is 13.8. The molecule has 0 saturated carbocycles. The first-order valence-electron chi connectivity index (χ1n) is 12.4. The van der Waals surface area contributed by atoms with Crippen LogP contribution in [-0.2, 0) is 33.8 Å². The van der Waals surface area contributed by atoms with Crippen molar-refractivity contribution in [3.05, 3.63) is 54.1 Å². The van der Waals surface area contributed by atoms with Crippen LogP contribution in [0.2, 0.25) is 0 Å². The number of nitrogens with zero attached hydrogens (tertiary/aromatic N) is 3. The van der Waals surface area contributed by atoms with E-state index in [1.54, 1.807) is 4.90 Å². The summed E-state index contributed by atoms with van der Waals surface area (Å²) in [4.78, 5) is 31.6. The Balaban J connectivity index is 1.96. The molecule has 1 amide bonds. The number of rotatable bonds is 13. The molecule has 0 aliphatic heterocycles. The molecule has 1 heterocycles. The second-order valence-corrected chi connectivity index (χ2v) is 9.64. The molecule has 0 aliphatic rings. The summed E-state index contributed by atoms with van der Waals surface area (Å²) in [6.45, 7) is 11.9. The molecule has 0 N–H and O–H groups in total. The summed E-state index contributed by atoms with van der Waals surface area (Å²) < 4.78 is 13.0. The minimum absolute atomic E-state index is 0.180. The van der Waals surface area contributed by atoms with Crippen LogP contribution in [0, 0.1) is 5.92 Å². The maximum absolute atomic E-state index is 12.8. The lowest BCUT2D eigenvalue weighted by atomic mass is 9.97. The first kappa shape index (κ1) is 27.4. The molecular formula is C27H41N3O4. The van der Waals surface area contributed by atoms with Gasteiger partial charge in [-0.3, -0.25) is 4.79 Å². The van der Waals surface area contributed by atoms with E-state index >= 15 is 0 Å². The van der Waals surface area contributed by atoms with Gasteiger partial charge < -0.3 is 18.9 Å². The summed E-state index contributed by atoms with van der Waals surface area (Å²) >= 11 is 0. The van der Waals surface area contributed by atoms with Crippen molar-refractivity contribution in [3.63, 3.8) is 0 Å². The van der Waals surface area contributed by atoms with Gasteiger partial charge in [0.1, 0.15) is 5.60 Å². The molecule has 0 saturated heterocycles. The quantitative estimate of drug-likeness (QED) is 0.280. The topological polar surface area (TPSA) is 73.7 Å². The Morgan fingerprint density at radius 2 is 1.85 bits per heavy atom. The van der Waals surface area contributed by atoms with E-state index < -0.39 is 5.60 Å². The molecule has 1 atom stereocenters. The van der Waals surface area contributed by atoms with Crippen molar-refractivity contribution in [2.24, 2.45) is 5.92 Å². The van der Waals surface area contributed by atoms with E-state index in [2.05, 4.69) is 16.5 Å². The van der Waals surface area contributed by atoms with Gasteiger partial charge in [0, 0.05) is 32.3 Å². The van der Waals surface area contributed by atoms with Gasteiger partial charge in [0.25, 0.3) is 0 Å². The van der Waals surface area contributed by atoms with Crippen LogP contribution in [0.4, 0.5) is 4.79 Å². The molecule has 188 valence electrons. The number of aromatic nitrogens is 2. The molecule has 2 rings (SSSR count). The van der Waals surface area contributed by atoms with E-state index in [-0.39, 0.29) is 18.0 Å². The Bertz CT molecular complexity index is 874. The third-order valence-electron chi connectivity index (χ3n) is 5.34. The molecule has 2 aromatic rings. The first-order chi connectivity index (χ1) is 16.2. The van der Waals surface area contributed by atoms with Gasteiger partial charge in [0.15, 0.2) is 0 Å². The predicted molar refractivity (Wildman–Crippen MR) is 133 cm³/mol. The van der Waals surface area contributed by atoms with Gasteiger partial charge in [-0.05, 0) is 52.5 Å². The zero-order chi connectivity index (χ0) is 25.0. The smallest absolute Gasteiger partial charge is 0.410 e. The highest BCUT2D eigenvalue weighted by Gasteiger charge is 2.24. The van der Waals surface area contributed by atoms with E-state index in [1.165, 1.54) is 0 Å². The fourth-order valence-electron chi connectivity index (χ4n) is 3.77. The number of esters is 1. The lowest BCUT2D eigenvalue weighted by molar-refractivity contribution is -0.148. The molecule has 0 aliphatic carbocycles. The number of ether oxygens (including phenoxy) is 2. The molecule has 0 fully saturated rings. The largest absolute Gasteiger partial charge is 0.466 e. The zero-order valence-corrected chi connectivity index (χ0v) is 21.5. The van der Waals surface area contributed by atoms with Crippen LogP contribution in [0.1, 0.15) is 71.6 Å². The van der Waals surface area contributed by atoms with Crippen LogP contribution in [0.25, 0.3) is 0 Å². The predicted octanol–water partition coefficient (Wildman–Crippen LogP) is 5.62. The van der Waals surface area contributed by atoms with Gasteiger partial charge in [-0.1, -0.05) is 43.7 Å². The van der Waals surface area contributed by atoms with Crippen molar-refractivity contribution >= 4 is 12.1 Å². The van der Waals surface area contributed by atoms with Crippen LogP contribution in [0.3, 0.4) is 0 Å². The van der Waals surface area contributed by atoms with Crippen LogP contribution in [0.15, 0.2) is 42.9 Å². The summed E-state index contributed by atoms with van der Waals surface area (Å²) in [5.41, 5.74) is 1.41. The van der Waals surface area contributed by atoms with Gasteiger partial charge in [-0.25, -0.2) is 9.78 Å². The van der Waals surface area contributed by atoms with Crippen molar-refractivity contribution in [1.29, 1.82) is 0 Å².